The molecule has 0 bridgehead atoms. The summed E-state index contributed by atoms with van der Waals surface area (Å²) in [5.74, 6) is 0.0831. The predicted octanol–water partition coefficient (Wildman–Crippen LogP) is 3.40. The molecule has 1 atom stereocenters. The summed E-state index contributed by atoms with van der Waals surface area (Å²) in [5.41, 5.74) is 11.1. The predicted molar refractivity (Wildman–Crippen MR) is 102 cm³/mol. The molecule has 0 saturated carbocycles. The molecule has 0 aliphatic heterocycles. The number of hydrogen-bond donors (Lipinski definition) is 4. The minimum absolute atomic E-state index is 0.0831. The second-order valence-corrected chi connectivity index (χ2v) is 6.35. The number of aliphatic hydroxyl groups excluding tert-OH is 1. The molecule has 4 N–H and O–H groups in total. The Morgan fingerprint density at radius 2 is 1.72 bits per heavy atom. The summed E-state index contributed by atoms with van der Waals surface area (Å²) in [4.78, 5) is 12.1. The average molecular weight is 341 g/mol. The van der Waals surface area contributed by atoms with Crippen molar-refractivity contribution in [2.24, 2.45) is 0 Å². The topological polar surface area (TPSA) is 73.4 Å². The first-order valence-electron chi connectivity index (χ1n) is 8.54. The summed E-state index contributed by atoms with van der Waals surface area (Å²) in [6, 6.07) is 13.8. The zero-order valence-corrected chi connectivity index (χ0v) is 15.1. The Labute approximate surface area is 149 Å². The Morgan fingerprint density at radius 1 is 1.08 bits per heavy atom. The molecule has 0 spiro atoms. The van der Waals surface area contributed by atoms with Gasteiger partial charge in [0.05, 0.1) is 5.69 Å². The SMILES string of the molecule is Cc1cc(C)c(NNC(=O)NCC(CCO)c2ccccc2)c(C)c1. The summed E-state index contributed by atoms with van der Waals surface area (Å²) in [6.45, 7) is 6.62. The first-order chi connectivity index (χ1) is 12.0. The maximum atomic E-state index is 12.1. The van der Waals surface area contributed by atoms with E-state index < -0.39 is 0 Å². The Balaban J connectivity index is 1.89. The summed E-state index contributed by atoms with van der Waals surface area (Å²) in [5, 5.41) is 12.1. The molecule has 25 heavy (non-hydrogen) atoms. The number of anilines is 1. The van der Waals surface area contributed by atoms with E-state index in [4.69, 9.17) is 0 Å². The average Bonchev–Trinajstić information content (AvgIpc) is 2.58. The van der Waals surface area contributed by atoms with Crippen molar-refractivity contribution in [3.05, 3.63) is 64.7 Å². The second kappa shape index (κ2) is 9.08. The van der Waals surface area contributed by atoms with E-state index in [0.29, 0.717) is 13.0 Å². The Bertz CT molecular complexity index is 678. The minimum Gasteiger partial charge on any atom is -0.396 e. The van der Waals surface area contributed by atoms with E-state index in [0.717, 1.165) is 22.4 Å². The number of urea groups is 1. The first kappa shape index (κ1) is 18.8. The monoisotopic (exact) mass is 341 g/mol. The Hall–Kier alpha value is -2.53. The number of aliphatic hydroxyl groups is 1. The lowest BCUT2D eigenvalue weighted by Gasteiger charge is -2.19. The summed E-state index contributed by atoms with van der Waals surface area (Å²) >= 11 is 0. The third kappa shape index (κ3) is 5.50. The second-order valence-electron chi connectivity index (χ2n) is 6.35. The molecular weight excluding hydrogens is 314 g/mol. The fraction of sp³-hybridized carbons (Fsp3) is 0.350. The number of rotatable bonds is 7. The molecule has 134 valence electrons. The number of hydrazine groups is 1. The van der Waals surface area contributed by atoms with Crippen LogP contribution in [0.1, 0.15) is 34.6 Å². The number of amides is 2. The smallest absolute Gasteiger partial charge is 0.333 e. The summed E-state index contributed by atoms with van der Waals surface area (Å²) in [6.07, 6.45) is 0.605. The highest BCUT2D eigenvalue weighted by Crippen LogP contribution is 2.21. The Kier molecular flexibility index (Phi) is 6.83. The third-order valence-electron chi connectivity index (χ3n) is 4.24. The van der Waals surface area contributed by atoms with Gasteiger partial charge in [0.25, 0.3) is 0 Å². The molecular formula is C20H27N3O2. The standard InChI is InChI=1S/C20H27N3O2/c1-14-11-15(2)19(16(3)12-14)22-23-20(25)21-13-18(9-10-24)17-7-5-4-6-8-17/h4-8,11-12,18,22,24H,9-10,13H2,1-3H3,(H2,21,23,25). The van der Waals surface area contributed by atoms with Gasteiger partial charge in [0.2, 0.25) is 0 Å². The molecule has 2 aromatic carbocycles. The van der Waals surface area contributed by atoms with Crippen LogP contribution in [-0.4, -0.2) is 24.3 Å². The van der Waals surface area contributed by atoms with Gasteiger partial charge in [-0.1, -0.05) is 48.0 Å². The minimum atomic E-state index is -0.293. The highest BCUT2D eigenvalue weighted by atomic mass is 16.3. The molecule has 0 fully saturated rings. The van der Waals surface area contributed by atoms with Crippen LogP contribution in [0.5, 0.6) is 0 Å². The lowest BCUT2D eigenvalue weighted by molar-refractivity contribution is 0.239. The number of nitrogens with one attached hydrogen (secondary N) is 3. The van der Waals surface area contributed by atoms with Crippen LogP contribution in [0.25, 0.3) is 0 Å². The number of benzene rings is 2. The fourth-order valence-electron chi connectivity index (χ4n) is 3.02. The van der Waals surface area contributed by atoms with Crippen LogP contribution in [-0.2, 0) is 0 Å². The van der Waals surface area contributed by atoms with Gasteiger partial charge in [0.15, 0.2) is 0 Å². The van der Waals surface area contributed by atoms with Gasteiger partial charge in [-0.25, -0.2) is 4.79 Å². The van der Waals surface area contributed by atoms with Gasteiger partial charge in [0.1, 0.15) is 0 Å². The van der Waals surface area contributed by atoms with Crippen molar-refractivity contribution in [3.8, 4) is 0 Å². The summed E-state index contributed by atoms with van der Waals surface area (Å²) < 4.78 is 0. The van der Waals surface area contributed by atoms with Crippen LogP contribution in [0.2, 0.25) is 0 Å². The van der Waals surface area contributed by atoms with Crippen molar-refractivity contribution in [2.75, 3.05) is 18.6 Å². The van der Waals surface area contributed by atoms with E-state index >= 15 is 0 Å². The van der Waals surface area contributed by atoms with Gasteiger partial charge in [-0.15, -0.1) is 0 Å². The molecule has 5 nitrogen and oxygen atoms in total. The van der Waals surface area contributed by atoms with Gasteiger partial charge in [-0.05, 0) is 43.9 Å². The summed E-state index contributed by atoms with van der Waals surface area (Å²) in [7, 11) is 0. The van der Waals surface area contributed by atoms with Crippen LogP contribution in [0.3, 0.4) is 0 Å². The molecule has 0 aromatic heterocycles. The highest BCUT2D eigenvalue weighted by Gasteiger charge is 2.12. The lowest BCUT2D eigenvalue weighted by atomic mass is 9.96. The van der Waals surface area contributed by atoms with Crippen molar-refractivity contribution in [3.63, 3.8) is 0 Å². The fourth-order valence-corrected chi connectivity index (χ4v) is 3.02. The number of aryl methyl sites for hydroxylation is 3. The van der Waals surface area contributed by atoms with Crippen LogP contribution in [0.4, 0.5) is 10.5 Å². The third-order valence-corrected chi connectivity index (χ3v) is 4.24. The van der Waals surface area contributed by atoms with E-state index in [9.17, 15) is 9.90 Å². The van der Waals surface area contributed by atoms with Crippen molar-refractivity contribution >= 4 is 11.7 Å². The van der Waals surface area contributed by atoms with E-state index in [1.807, 2.05) is 44.2 Å². The zero-order valence-electron chi connectivity index (χ0n) is 15.1. The molecule has 0 aliphatic rings. The molecule has 0 radical (unpaired) electrons. The van der Waals surface area contributed by atoms with Gasteiger partial charge >= 0.3 is 6.03 Å². The number of hydrogen-bond acceptors (Lipinski definition) is 3. The largest absolute Gasteiger partial charge is 0.396 e. The highest BCUT2D eigenvalue weighted by molar-refractivity contribution is 5.76. The molecule has 0 aliphatic carbocycles. The molecule has 0 heterocycles. The van der Waals surface area contributed by atoms with E-state index in [2.05, 4.69) is 35.2 Å². The van der Waals surface area contributed by atoms with Gasteiger partial charge in [-0.3, -0.25) is 10.9 Å². The van der Waals surface area contributed by atoms with E-state index in [-0.39, 0.29) is 18.6 Å². The number of carbonyl (C=O) groups excluding carboxylic acids is 1. The number of carbonyl (C=O) groups is 1. The van der Waals surface area contributed by atoms with Crippen molar-refractivity contribution in [1.82, 2.24) is 10.7 Å². The van der Waals surface area contributed by atoms with E-state index in [1.54, 1.807) is 0 Å². The van der Waals surface area contributed by atoms with Crippen LogP contribution >= 0.6 is 0 Å². The van der Waals surface area contributed by atoms with Crippen molar-refractivity contribution in [2.45, 2.75) is 33.1 Å². The first-order valence-corrected chi connectivity index (χ1v) is 8.54. The van der Waals surface area contributed by atoms with Crippen LogP contribution in [0, 0.1) is 20.8 Å². The Morgan fingerprint density at radius 3 is 2.32 bits per heavy atom. The van der Waals surface area contributed by atoms with Crippen LogP contribution < -0.4 is 16.2 Å². The lowest BCUT2D eigenvalue weighted by Crippen LogP contribution is -2.41. The molecule has 2 rings (SSSR count). The molecule has 0 saturated heterocycles. The van der Waals surface area contributed by atoms with Gasteiger partial charge < -0.3 is 10.4 Å². The maximum absolute atomic E-state index is 12.1. The van der Waals surface area contributed by atoms with E-state index in [1.165, 1.54) is 5.56 Å². The van der Waals surface area contributed by atoms with Crippen LogP contribution in [0.15, 0.2) is 42.5 Å². The molecule has 1 unspecified atom stereocenters. The van der Waals surface area contributed by atoms with Gasteiger partial charge in [0, 0.05) is 19.1 Å². The normalized spacial score (nSPS) is 11.7. The zero-order chi connectivity index (χ0) is 18.2. The maximum Gasteiger partial charge on any atom is 0.333 e. The molecule has 2 aromatic rings. The molecule has 5 heteroatoms. The van der Waals surface area contributed by atoms with Crippen molar-refractivity contribution < 1.29 is 9.90 Å². The quantitative estimate of drug-likeness (QED) is 0.583. The van der Waals surface area contributed by atoms with Crippen molar-refractivity contribution in [1.29, 1.82) is 0 Å². The molecule has 2 amide bonds. The van der Waals surface area contributed by atoms with Gasteiger partial charge in [-0.2, -0.15) is 0 Å².